The average molecular weight is 390 g/mol. The molecule has 2 unspecified atom stereocenters. The van der Waals surface area contributed by atoms with Crippen LogP contribution in [0.15, 0.2) is 42.5 Å². The van der Waals surface area contributed by atoms with Crippen molar-refractivity contribution in [1.29, 1.82) is 0 Å². The Morgan fingerprint density at radius 2 is 1.93 bits per heavy atom. The van der Waals surface area contributed by atoms with Crippen LogP contribution in [0.1, 0.15) is 30.0 Å². The minimum Gasteiger partial charge on any atom is -0.497 e. The van der Waals surface area contributed by atoms with Crippen LogP contribution in [0, 0.1) is 5.92 Å². The first-order valence-electron chi connectivity index (χ1n) is 8.97. The Balaban J connectivity index is 2.08. The van der Waals surface area contributed by atoms with E-state index in [4.69, 9.17) is 21.1 Å². The lowest BCUT2D eigenvalue weighted by atomic mass is 9.91. The Kier molecular flexibility index (Phi) is 6.24. The maximum atomic E-state index is 11.6. The van der Waals surface area contributed by atoms with Crippen LogP contribution in [-0.4, -0.2) is 43.3 Å². The molecule has 1 N–H and O–H groups in total. The highest BCUT2D eigenvalue weighted by Gasteiger charge is 2.32. The first-order chi connectivity index (χ1) is 13.0. The summed E-state index contributed by atoms with van der Waals surface area (Å²) in [6.07, 6.45) is 1.54. The van der Waals surface area contributed by atoms with Crippen molar-refractivity contribution in [3.8, 4) is 11.5 Å². The number of piperidine rings is 1. The zero-order valence-electron chi connectivity index (χ0n) is 15.5. The molecule has 0 amide bonds. The highest BCUT2D eigenvalue weighted by atomic mass is 35.5. The molecule has 0 saturated carbocycles. The summed E-state index contributed by atoms with van der Waals surface area (Å²) in [6, 6.07) is 13.2. The van der Waals surface area contributed by atoms with Crippen molar-refractivity contribution in [1.82, 2.24) is 4.90 Å². The molecule has 2 aromatic carbocycles. The zero-order chi connectivity index (χ0) is 19.4. The highest BCUT2D eigenvalue weighted by Crippen LogP contribution is 2.39. The standard InChI is InChI=1S/C21H24ClNO4/c1-26-17-9-10-19(27-2)18(12-17)20(14-5-7-16(22)8-6-14)23-11-3-4-15(13-23)21(24)25/h5-10,12,15,20H,3-4,11,13H2,1-2H3,(H,24,25). The quantitative estimate of drug-likeness (QED) is 0.800. The third kappa shape index (κ3) is 4.37. The van der Waals surface area contributed by atoms with Crippen molar-refractivity contribution in [2.24, 2.45) is 5.92 Å². The fourth-order valence-corrected chi connectivity index (χ4v) is 3.85. The van der Waals surface area contributed by atoms with E-state index < -0.39 is 5.97 Å². The number of carboxylic acid groups (broad SMARTS) is 1. The van der Waals surface area contributed by atoms with E-state index in [0.29, 0.717) is 18.0 Å². The summed E-state index contributed by atoms with van der Waals surface area (Å²) in [7, 11) is 3.27. The van der Waals surface area contributed by atoms with Gasteiger partial charge in [-0.1, -0.05) is 23.7 Å². The van der Waals surface area contributed by atoms with Gasteiger partial charge in [-0.15, -0.1) is 0 Å². The average Bonchev–Trinajstić information content (AvgIpc) is 2.69. The Morgan fingerprint density at radius 3 is 2.56 bits per heavy atom. The molecule has 0 radical (unpaired) electrons. The van der Waals surface area contributed by atoms with Crippen LogP contribution in [0.5, 0.6) is 11.5 Å². The van der Waals surface area contributed by atoms with Gasteiger partial charge in [0, 0.05) is 17.1 Å². The minimum absolute atomic E-state index is 0.144. The lowest BCUT2D eigenvalue weighted by Gasteiger charge is -2.38. The van der Waals surface area contributed by atoms with Gasteiger partial charge < -0.3 is 14.6 Å². The minimum atomic E-state index is -0.743. The maximum Gasteiger partial charge on any atom is 0.307 e. The topological polar surface area (TPSA) is 59.0 Å². The van der Waals surface area contributed by atoms with Crippen LogP contribution in [0.4, 0.5) is 0 Å². The number of rotatable bonds is 6. The number of halogens is 1. The van der Waals surface area contributed by atoms with Gasteiger partial charge in [0.05, 0.1) is 26.2 Å². The molecule has 144 valence electrons. The summed E-state index contributed by atoms with van der Waals surface area (Å²) in [5.74, 6) is 0.363. The molecule has 0 aliphatic carbocycles. The van der Waals surface area contributed by atoms with E-state index in [1.165, 1.54) is 0 Å². The molecule has 1 heterocycles. The molecule has 2 aromatic rings. The first-order valence-corrected chi connectivity index (χ1v) is 9.35. The van der Waals surface area contributed by atoms with Gasteiger partial charge in [-0.3, -0.25) is 9.69 Å². The molecule has 0 aromatic heterocycles. The highest BCUT2D eigenvalue weighted by molar-refractivity contribution is 6.30. The number of hydrogen-bond acceptors (Lipinski definition) is 4. The van der Waals surface area contributed by atoms with E-state index in [1.807, 2.05) is 42.5 Å². The van der Waals surface area contributed by atoms with E-state index in [1.54, 1.807) is 14.2 Å². The van der Waals surface area contributed by atoms with Crippen LogP contribution in [0.25, 0.3) is 0 Å². The van der Waals surface area contributed by atoms with E-state index in [2.05, 4.69) is 4.90 Å². The SMILES string of the molecule is COc1ccc(OC)c(C(c2ccc(Cl)cc2)N2CCCC(C(=O)O)C2)c1. The van der Waals surface area contributed by atoms with E-state index in [-0.39, 0.29) is 12.0 Å². The summed E-state index contributed by atoms with van der Waals surface area (Å²) >= 11 is 6.08. The van der Waals surface area contributed by atoms with Gasteiger partial charge in [-0.25, -0.2) is 0 Å². The Labute approximate surface area is 164 Å². The maximum absolute atomic E-state index is 11.6. The van der Waals surface area contributed by atoms with Gasteiger partial charge in [-0.05, 0) is 55.3 Å². The summed E-state index contributed by atoms with van der Waals surface area (Å²) < 4.78 is 11.0. The number of ether oxygens (including phenoxy) is 2. The van der Waals surface area contributed by atoms with Crippen LogP contribution in [0.2, 0.25) is 5.02 Å². The largest absolute Gasteiger partial charge is 0.497 e. The smallest absolute Gasteiger partial charge is 0.307 e. The molecule has 1 fully saturated rings. The van der Waals surface area contributed by atoms with Crippen LogP contribution >= 0.6 is 11.6 Å². The Bertz CT molecular complexity index is 793. The summed E-state index contributed by atoms with van der Waals surface area (Å²) in [5.41, 5.74) is 1.99. The molecule has 27 heavy (non-hydrogen) atoms. The second-order valence-electron chi connectivity index (χ2n) is 6.73. The normalized spacial score (nSPS) is 18.7. The predicted molar refractivity (Wildman–Crippen MR) is 105 cm³/mol. The third-order valence-corrected chi connectivity index (χ3v) is 5.34. The Morgan fingerprint density at radius 1 is 1.19 bits per heavy atom. The fourth-order valence-electron chi connectivity index (χ4n) is 3.73. The number of aliphatic carboxylic acids is 1. The first kappa shape index (κ1) is 19.5. The summed E-state index contributed by atoms with van der Waals surface area (Å²) in [4.78, 5) is 13.8. The second kappa shape index (κ2) is 8.63. The van der Waals surface area contributed by atoms with Gasteiger partial charge >= 0.3 is 5.97 Å². The molecule has 3 rings (SSSR count). The number of methoxy groups -OCH3 is 2. The molecule has 6 heteroatoms. The van der Waals surface area contributed by atoms with Crippen LogP contribution in [-0.2, 0) is 4.79 Å². The van der Waals surface area contributed by atoms with Gasteiger partial charge in [0.1, 0.15) is 11.5 Å². The van der Waals surface area contributed by atoms with Crippen molar-refractivity contribution in [2.45, 2.75) is 18.9 Å². The van der Waals surface area contributed by atoms with E-state index in [0.717, 1.165) is 35.6 Å². The molecule has 1 saturated heterocycles. The van der Waals surface area contributed by atoms with Crippen LogP contribution in [0.3, 0.4) is 0 Å². The fraction of sp³-hybridized carbons (Fsp3) is 0.381. The third-order valence-electron chi connectivity index (χ3n) is 5.08. The number of nitrogens with zero attached hydrogens (tertiary/aromatic N) is 1. The lowest BCUT2D eigenvalue weighted by Crippen LogP contribution is -2.41. The number of likely N-dealkylation sites (tertiary alicyclic amines) is 1. The zero-order valence-corrected chi connectivity index (χ0v) is 16.3. The van der Waals surface area contributed by atoms with Crippen molar-refractivity contribution in [2.75, 3.05) is 27.3 Å². The summed E-state index contributed by atoms with van der Waals surface area (Å²) in [5, 5.41) is 10.2. The monoisotopic (exact) mass is 389 g/mol. The van der Waals surface area contributed by atoms with Crippen molar-refractivity contribution >= 4 is 17.6 Å². The van der Waals surface area contributed by atoms with Crippen molar-refractivity contribution < 1.29 is 19.4 Å². The van der Waals surface area contributed by atoms with E-state index >= 15 is 0 Å². The van der Waals surface area contributed by atoms with Gasteiger partial charge in [-0.2, -0.15) is 0 Å². The molecular weight excluding hydrogens is 366 g/mol. The molecule has 1 aliphatic heterocycles. The van der Waals surface area contributed by atoms with Crippen molar-refractivity contribution in [3.05, 3.63) is 58.6 Å². The number of hydrogen-bond donors (Lipinski definition) is 1. The Hall–Kier alpha value is -2.24. The van der Waals surface area contributed by atoms with Gasteiger partial charge in [0.2, 0.25) is 0 Å². The van der Waals surface area contributed by atoms with Crippen molar-refractivity contribution in [3.63, 3.8) is 0 Å². The van der Waals surface area contributed by atoms with Gasteiger partial charge in [0.25, 0.3) is 0 Å². The molecule has 0 spiro atoms. The number of carboxylic acids is 1. The molecule has 5 nitrogen and oxygen atoms in total. The molecule has 0 bridgehead atoms. The number of benzene rings is 2. The molecule has 2 atom stereocenters. The van der Waals surface area contributed by atoms with Gasteiger partial charge in [0.15, 0.2) is 0 Å². The van der Waals surface area contributed by atoms with E-state index in [9.17, 15) is 9.90 Å². The van der Waals surface area contributed by atoms with Crippen LogP contribution < -0.4 is 9.47 Å². The molecule has 1 aliphatic rings. The molecular formula is C21H24ClNO4. The summed E-state index contributed by atoms with van der Waals surface area (Å²) in [6.45, 7) is 1.31. The lowest BCUT2D eigenvalue weighted by molar-refractivity contribution is -0.143. The second-order valence-corrected chi connectivity index (χ2v) is 7.17. The number of carbonyl (C=O) groups is 1. The predicted octanol–water partition coefficient (Wildman–Crippen LogP) is 4.24.